The van der Waals surface area contributed by atoms with Crippen LogP contribution in [0.25, 0.3) is 0 Å². The molecule has 0 saturated heterocycles. The van der Waals surface area contributed by atoms with Gasteiger partial charge in [0.2, 0.25) is 0 Å². The van der Waals surface area contributed by atoms with Crippen LogP contribution in [0.5, 0.6) is 0 Å². The number of alkyl halides is 7. The predicted octanol–water partition coefficient (Wildman–Crippen LogP) is 1.79. The summed E-state index contributed by atoms with van der Waals surface area (Å²) in [6.07, 6.45) is -7.20. The van der Waals surface area contributed by atoms with Gasteiger partial charge in [0.25, 0.3) is 0 Å². The maximum absolute atomic E-state index is 12.7. The molecule has 0 heterocycles. The van der Waals surface area contributed by atoms with Gasteiger partial charge < -0.3 is 4.74 Å². The molecule has 0 amide bonds. The van der Waals surface area contributed by atoms with Crippen LogP contribution in [-0.2, 0) is 20.3 Å². The van der Waals surface area contributed by atoms with Crippen molar-refractivity contribution in [2.24, 2.45) is 5.73 Å². The number of ether oxygens (including phenoxy) is 1. The van der Waals surface area contributed by atoms with Crippen LogP contribution in [-0.4, -0.2) is 37.6 Å². The van der Waals surface area contributed by atoms with Gasteiger partial charge in [-0.15, -0.1) is 11.6 Å². The van der Waals surface area contributed by atoms with Gasteiger partial charge in [-0.05, 0) is 0 Å². The molecular formula is C6H6Cl3F4NO3S. The Labute approximate surface area is 116 Å². The number of nitrogens with two attached hydrogens (primary N) is 1. The summed E-state index contributed by atoms with van der Waals surface area (Å²) in [5.41, 5.74) is 4.99. The zero-order valence-electron chi connectivity index (χ0n) is 8.22. The molecule has 0 rings (SSSR count). The first kappa shape index (κ1) is 18.2. The minimum absolute atomic E-state index is 0.808. The summed E-state index contributed by atoms with van der Waals surface area (Å²) in [4.78, 5) is 10.4. The lowest BCUT2D eigenvalue weighted by Gasteiger charge is -2.19. The highest BCUT2D eigenvalue weighted by molar-refractivity contribution is 7.89. The Morgan fingerprint density at radius 3 is 2.11 bits per heavy atom. The van der Waals surface area contributed by atoms with Crippen LogP contribution in [0.3, 0.4) is 0 Å². The lowest BCUT2D eigenvalue weighted by atomic mass is 10.4. The second-order valence-electron chi connectivity index (χ2n) is 2.84. The molecule has 0 aromatic heterocycles. The standard InChI is InChI=1S/C6H6Cl3F4NO3S/c7-2(1-18(16)6(8,9)13)3(14)17-4(15)5(10,11)12/h2-3H,1,14H2. The van der Waals surface area contributed by atoms with Gasteiger partial charge in [-0.25, -0.2) is 4.79 Å². The summed E-state index contributed by atoms with van der Waals surface area (Å²) in [7, 11) is -2.54. The first-order valence-electron chi connectivity index (χ1n) is 3.98. The van der Waals surface area contributed by atoms with Crippen LogP contribution in [0, 0.1) is 0 Å². The lowest BCUT2D eigenvalue weighted by Crippen LogP contribution is -2.43. The summed E-state index contributed by atoms with van der Waals surface area (Å²) < 4.78 is 59.7. The van der Waals surface area contributed by atoms with Gasteiger partial charge in [-0.2, -0.15) is 17.6 Å². The van der Waals surface area contributed by atoms with Gasteiger partial charge in [-0.3, -0.25) is 9.94 Å². The number of carbonyl (C=O) groups is 1. The Hall–Kier alpha value is 0.170. The van der Waals surface area contributed by atoms with E-state index >= 15 is 0 Å². The summed E-state index contributed by atoms with van der Waals surface area (Å²) in [5, 5.41) is -1.57. The first-order chi connectivity index (χ1) is 7.85. The van der Waals surface area contributed by atoms with E-state index in [0.29, 0.717) is 0 Å². The minimum Gasteiger partial charge on any atom is -0.438 e. The number of esters is 1. The molecule has 0 saturated carbocycles. The summed E-state index contributed by atoms with van der Waals surface area (Å²) in [6.45, 7) is 0. The van der Waals surface area contributed by atoms with E-state index in [1.54, 1.807) is 0 Å². The highest BCUT2D eigenvalue weighted by Crippen LogP contribution is 2.28. The van der Waals surface area contributed by atoms with Gasteiger partial charge in [0.15, 0.2) is 6.23 Å². The van der Waals surface area contributed by atoms with E-state index in [0.717, 1.165) is 0 Å². The van der Waals surface area contributed by atoms with Gasteiger partial charge >= 0.3 is 16.1 Å². The molecule has 0 fully saturated rings. The second-order valence-corrected chi connectivity index (χ2v) is 6.67. The fraction of sp³-hybridized carbons (Fsp3) is 0.833. The van der Waals surface area contributed by atoms with Crippen molar-refractivity contribution in [3.05, 3.63) is 0 Å². The molecule has 108 valence electrons. The number of hydrogen-bond donors (Lipinski definition) is 1. The average molecular weight is 355 g/mol. The van der Waals surface area contributed by atoms with E-state index in [9.17, 15) is 26.6 Å². The van der Waals surface area contributed by atoms with Gasteiger partial charge in [0, 0.05) is 0 Å². The van der Waals surface area contributed by atoms with Gasteiger partial charge in [0.05, 0.1) is 21.9 Å². The summed E-state index contributed by atoms with van der Waals surface area (Å²) in [6, 6.07) is 0. The number of rotatable bonds is 5. The molecule has 0 bridgehead atoms. The minimum atomic E-state index is -5.25. The highest BCUT2D eigenvalue weighted by atomic mass is 35.5. The van der Waals surface area contributed by atoms with Crippen molar-refractivity contribution in [1.29, 1.82) is 0 Å². The van der Waals surface area contributed by atoms with Crippen molar-refractivity contribution in [3.8, 4) is 0 Å². The molecule has 4 nitrogen and oxygen atoms in total. The maximum atomic E-state index is 12.7. The molecule has 18 heavy (non-hydrogen) atoms. The van der Waals surface area contributed by atoms with E-state index in [1.165, 1.54) is 0 Å². The van der Waals surface area contributed by atoms with Crippen LogP contribution < -0.4 is 5.73 Å². The Kier molecular flexibility index (Phi) is 6.62. The fourth-order valence-electron chi connectivity index (χ4n) is 0.598. The lowest BCUT2D eigenvalue weighted by molar-refractivity contribution is -0.204. The van der Waals surface area contributed by atoms with E-state index < -0.39 is 44.2 Å². The largest absolute Gasteiger partial charge is 0.490 e. The highest BCUT2D eigenvalue weighted by Gasteiger charge is 2.43. The van der Waals surface area contributed by atoms with Crippen LogP contribution in [0.2, 0.25) is 0 Å². The SMILES string of the molecule is NC(OC(=O)C(F)(F)F)C(Cl)CS(=O)C(F)(Cl)Cl. The third-order valence-electron chi connectivity index (χ3n) is 1.40. The zero-order chi connectivity index (χ0) is 14.7. The van der Waals surface area contributed by atoms with Crippen molar-refractivity contribution in [2.45, 2.75) is 21.7 Å². The Bertz CT molecular complexity index is 303. The third-order valence-corrected chi connectivity index (χ3v) is 4.20. The normalized spacial score (nSPS) is 18.0. The van der Waals surface area contributed by atoms with Crippen LogP contribution in [0.1, 0.15) is 0 Å². The molecule has 0 radical (unpaired) electrons. The molecule has 0 aliphatic carbocycles. The maximum Gasteiger partial charge on any atom is 0.490 e. The summed E-state index contributed by atoms with van der Waals surface area (Å²) >= 11 is 15.0. The van der Waals surface area contributed by atoms with Crippen LogP contribution in [0.4, 0.5) is 17.6 Å². The molecule has 2 N–H and O–H groups in total. The van der Waals surface area contributed by atoms with Crippen LogP contribution >= 0.6 is 34.8 Å². The molecule has 12 heteroatoms. The monoisotopic (exact) mass is 353 g/mol. The second kappa shape index (κ2) is 6.56. The van der Waals surface area contributed by atoms with E-state index in [4.69, 9.17) is 40.5 Å². The van der Waals surface area contributed by atoms with Crippen molar-refractivity contribution in [2.75, 3.05) is 5.75 Å². The van der Waals surface area contributed by atoms with E-state index in [1.807, 2.05) is 0 Å². The first-order valence-corrected chi connectivity index (χ1v) is 6.49. The molecule has 0 aromatic carbocycles. The Balaban J connectivity index is 4.41. The molecule has 3 unspecified atom stereocenters. The molecule has 0 aliphatic heterocycles. The smallest absolute Gasteiger partial charge is 0.438 e. The van der Waals surface area contributed by atoms with Crippen molar-refractivity contribution < 1.29 is 31.3 Å². The predicted molar refractivity (Wildman–Crippen MR) is 58.3 cm³/mol. The van der Waals surface area contributed by atoms with Crippen LogP contribution in [0.15, 0.2) is 0 Å². The van der Waals surface area contributed by atoms with Crippen molar-refractivity contribution in [1.82, 2.24) is 0 Å². The molecule has 0 aliphatic rings. The fourth-order valence-corrected chi connectivity index (χ4v) is 2.04. The average Bonchev–Trinajstić information content (AvgIpc) is 2.14. The number of hydrogen-bond acceptors (Lipinski definition) is 4. The van der Waals surface area contributed by atoms with E-state index in [2.05, 4.69) is 4.74 Å². The van der Waals surface area contributed by atoms with Crippen molar-refractivity contribution in [3.63, 3.8) is 0 Å². The zero-order valence-corrected chi connectivity index (χ0v) is 11.3. The van der Waals surface area contributed by atoms with Crippen molar-refractivity contribution >= 4 is 51.6 Å². The van der Waals surface area contributed by atoms with E-state index in [-0.39, 0.29) is 0 Å². The van der Waals surface area contributed by atoms with Gasteiger partial charge in [0.1, 0.15) is 0 Å². The number of halogens is 7. The number of carbonyl (C=O) groups excluding carboxylic acids is 1. The summed E-state index contributed by atoms with van der Waals surface area (Å²) in [5.74, 6) is -3.38. The quantitative estimate of drug-likeness (QED) is 0.354. The molecule has 3 atom stereocenters. The molecule has 0 aromatic rings. The topological polar surface area (TPSA) is 69.4 Å². The Morgan fingerprint density at radius 1 is 1.33 bits per heavy atom. The van der Waals surface area contributed by atoms with Gasteiger partial charge in [-0.1, -0.05) is 23.2 Å². The Morgan fingerprint density at radius 2 is 1.78 bits per heavy atom. The third kappa shape index (κ3) is 6.37. The molecular weight excluding hydrogens is 348 g/mol. The molecule has 0 spiro atoms.